The van der Waals surface area contributed by atoms with Crippen LogP contribution in [-0.4, -0.2) is 54.2 Å². The highest BCUT2D eigenvalue weighted by Gasteiger charge is 2.25. The summed E-state index contributed by atoms with van der Waals surface area (Å²) in [6, 6.07) is 11.0. The quantitative estimate of drug-likeness (QED) is 0.337. The van der Waals surface area contributed by atoms with E-state index in [0.717, 1.165) is 57.7 Å². The number of anilines is 1. The summed E-state index contributed by atoms with van der Waals surface area (Å²) in [5, 5.41) is 8.54. The number of benzene rings is 1. The number of aromatic amines is 2. The van der Waals surface area contributed by atoms with E-state index in [1.165, 1.54) is 12.1 Å². The van der Waals surface area contributed by atoms with Crippen molar-refractivity contribution < 1.29 is 4.39 Å². The number of hydrogen-bond donors (Lipinski definition) is 3. The van der Waals surface area contributed by atoms with Crippen LogP contribution in [0, 0.1) is 12.7 Å². The minimum atomic E-state index is -0.276. The van der Waals surface area contributed by atoms with Crippen molar-refractivity contribution in [3.05, 3.63) is 72.6 Å². The molecule has 1 aromatic carbocycles. The highest BCUT2D eigenvalue weighted by atomic mass is 19.1. The van der Waals surface area contributed by atoms with E-state index in [2.05, 4.69) is 30.0 Å². The summed E-state index contributed by atoms with van der Waals surface area (Å²) in [6.45, 7) is 3.41. The first-order chi connectivity index (χ1) is 18.0. The van der Waals surface area contributed by atoms with E-state index in [-0.39, 0.29) is 11.9 Å². The normalized spacial score (nSPS) is 14.0. The minimum absolute atomic E-state index is 0.172. The molecule has 1 saturated heterocycles. The number of aryl methyl sites for hydroxylation is 1. The van der Waals surface area contributed by atoms with Gasteiger partial charge in [0.05, 0.1) is 41.0 Å². The van der Waals surface area contributed by atoms with Gasteiger partial charge < -0.3 is 15.6 Å². The van der Waals surface area contributed by atoms with Crippen molar-refractivity contribution in [1.82, 2.24) is 35.1 Å². The fraction of sp³-hybridized carbons (Fsp3) is 0.148. The Morgan fingerprint density at radius 3 is 2.65 bits per heavy atom. The van der Waals surface area contributed by atoms with Crippen molar-refractivity contribution in [3.8, 4) is 33.9 Å². The molecule has 5 aromatic heterocycles. The highest BCUT2D eigenvalue weighted by Crippen LogP contribution is 2.34. The molecule has 6 aromatic rings. The lowest BCUT2D eigenvalue weighted by atomic mass is 10.0. The molecule has 0 amide bonds. The van der Waals surface area contributed by atoms with E-state index in [1.807, 2.05) is 31.2 Å². The predicted octanol–water partition coefficient (Wildman–Crippen LogP) is 4.22. The number of nitrogens with one attached hydrogen (secondary N) is 2. The predicted molar refractivity (Wildman–Crippen MR) is 140 cm³/mol. The Bertz CT molecular complexity index is 1780. The van der Waals surface area contributed by atoms with Gasteiger partial charge in [-0.1, -0.05) is 6.07 Å². The number of rotatable bonds is 4. The van der Waals surface area contributed by atoms with Gasteiger partial charge >= 0.3 is 0 Å². The Morgan fingerprint density at radius 2 is 1.81 bits per heavy atom. The molecule has 1 aliphatic rings. The summed E-state index contributed by atoms with van der Waals surface area (Å²) in [6.07, 6.45) is 6.96. The van der Waals surface area contributed by atoms with Gasteiger partial charge in [-0.2, -0.15) is 5.10 Å². The summed E-state index contributed by atoms with van der Waals surface area (Å²) in [7, 11) is 0. The number of aromatic nitrogens is 7. The van der Waals surface area contributed by atoms with Gasteiger partial charge in [0.2, 0.25) is 0 Å². The zero-order valence-electron chi connectivity index (χ0n) is 19.9. The molecule has 0 spiro atoms. The van der Waals surface area contributed by atoms with E-state index >= 15 is 0 Å². The first-order valence-corrected chi connectivity index (χ1v) is 11.9. The van der Waals surface area contributed by atoms with Gasteiger partial charge in [0.25, 0.3) is 0 Å². The molecule has 7 rings (SSSR count). The van der Waals surface area contributed by atoms with Gasteiger partial charge in [0, 0.05) is 36.3 Å². The van der Waals surface area contributed by atoms with E-state index < -0.39 is 0 Å². The fourth-order valence-electron chi connectivity index (χ4n) is 4.86. The molecular weight excluding hydrogens is 469 g/mol. The lowest BCUT2D eigenvalue weighted by molar-refractivity contribution is 0.514. The topological polar surface area (TPSA) is 125 Å². The van der Waals surface area contributed by atoms with Crippen LogP contribution in [0.4, 0.5) is 10.2 Å². The molecule has 0 radical (unpaired) electrons. The van der Waals surface area contributed by atoms with Gasteiger partial charge in [0.15, 0.2) is 0 Å². The van der Waals surface area contributed by atoms with Crippen LogP contribution >= 0.6 is 0 Å². The van der Waals surface area contributed by atoms with E-state index in [1.54, 1.807) is 24.8 Å². The monoisotopic (exact) mass is 491 g/mol. The second-order valence-corrected chi connectivity index (χ2v) is 9.44. The number of pyridine rings is 2. The number of nitrogens with zero attached hydrogens (tertiary/aromatic N) is 6. The van der Waals surface area contributed by atoms with Crippen molar-refractivity contribution in [1.29, 1.82) is 0 Å². The number of hydrogen-bond acceptors (Lipinski definition) is 7. The molecule has 0 bridgehead atoms. The summed E-state index contributed by atoms with van der Waals surface area (Å²) in [4.78, 5) is 23.9. The Hall–Kier alpha value is -4.70. The maximum Gasteiger partial charge on any atom is 0.147 e. The smallest absolute Gasteiger partial charge is 0.147 e. The summed E-state index contributed by atoms with van der Waals surface area (Å²) in [5.74, 6) is 0.513. The number of fused-ring (bicyclic) bond motifs is 2. The fourth-order valence-corrected chi connectivity index (χ4v) is 4.86. The summed E-state index contributed by atoms with van der Waals surface area (Å²) >= 11 is 0. The van der Waals surface area contributed by atoms with Gasteiger partial charge in [0.1, 0.15) is 28.5 Å². The second-order valence-electron chi connectivity index (χ2n) is 9.44. The van der Waals surface area contributed by atoms with Crippen LogP contribution < -0.4 is 10.6 Å². The van der Waals surface area contributed by atoms with E-state index in [4.69, 9.17) is 15.7 Å². The third kappa shape index (κ3) is 3.69. The lowest BCUT2D eigenvalue weighted by Gasteiger charge is -2.37. The first-order valence-electron chi connectivity index (χ1n) is 11.9. The van der Waals surface area contributed by atoms with Crippen molar-refractivity contribution >= 4 is 27.8 Å². The zero-order valence-corrected chi connectivity index (χ0v) is 19.9. The molecule has 0 atom stereocenters. The number of nitrogens with two attached hydrogens (primary N) is 1. The number of H-pyrrole nitrogens is 2. The zero-order chi connectivity index (χ0) is 25.1. The number of halogens is 1. The van der Waals surface area contributed by atoms with E-state index in [9.17, 15) is 4.39 Å². The average Bonchev–Trinajstić information content (AvgIpc) is 3.49. The summed E-state index contributed by atoms with van der Waals surface area (Å²) < 4.78 is 14.1. The van der Waals surface area contributed by atoms with Crippen LogP contribution in [0.1, 0.15) is 5.56 Å². The average molecular weight is 492 g/mol. The van der Waals surface area contributed by atoms with Gasteiger partial charge in [-0.15, -0.1) is 0 Å². The van der Waals surface area contributed by atoms with Crippen LogP contribution in [0.5, 0.6) is 0 Å². The maximum absolute atomic E-state index is 14.1. The molecule has 37 heavy (non-hydrogen) atoms. The molecule has 9 nitrogen and oxygen atoms in total. The van der Waals surface area contributed by atoms with Crippen molar-refractivity contribution in [2.75, 3.05) is 18.0 Å². The van der Waals surface area contributed by atoms with Crippen molar-refractivity contribution in [2.45, 2.75) is 13.0 Å². The van der Waals surface area contributed by atoms with Crippen molar-refractivity contribution in [3.63, 3.8) is 0 Å². The molecule has 182 valence electrons. The molecule has 4 N–H and O–H groups in total. The largest absolute Gasteiger partial charge is 0.352 e. The third-order valence-corrected chi connectivity index (χ3v) is 6.68. The highest BCUT2D eigenvalue weighted by molar-refractivity contribution is 6.00. The van der Waals surface area contributed by atoms with Crippen LogP contribution in [0.3, 0.4) is 0 Å². The van der Waals surface area contributed by atoms with Gasteiger partial charge in [-0.05, 0) is 48.4 Å². The molecule has 10 heteroatoms. The summed E-state index contributed by atoms with van der Waals surface area (Å²) in [5.41, 5.74) is 13.6. The molecule has 1 aliphatic heterocycles. The van der Waals surface area contributed by atoms with Gasteiger partial charge in [-0.3, -0.25) is 15.1 Å². The Balaban J connectivity index is 1.31. The molecule has 1 fully saturated rings. The standard InChI is InChI=1S/C27H22FN9/c1-14-4-15(6-16(28)5-14)19-8-30-9-23-18(19)7-22(32-23)27-26-21(35-36-27)3-2-20(34-26)24-10-31-11-25(33-24)37-12-17(29)13-37/h2-11,17,32H,12-13,29H2,1H3,(H,35,36). The SMILES string of the molecule is Cc1cc(F)cc(-c2cncc3[nH]c(-c4n[nH]c5ccc(-c6cncc(N7CC(N)C7)n6)nc45)cc23)c1. The molecule has 6 heterocycles. The molecular formula is C27H22FN9. The Labute approximate surface area is 210 Å². The maximum atomic E-state index is 14.1. The first kappa shape index (κ1) is 21.6. The Kier molecular flexibility index (Phi) is 4.76. The van der Waals surface area contributed by atoms with Crippen molar-refractivity contribution in [2.24, 2.45) is 5.73 Å². The van der Waals surface area contributed by atoms with Crippen LogP contribution in [-0.2, 0) is 0 Å². The van der Waals surface area contributed by atoms with E-state index in [0.29, 0.717) is 22.6 Å². The van der Waals surface area contributed by atoms with Crippen LogP contribution in [0.25, 0.3) is 55.8 Å². The molecule has 0 saturated carbocycles. The Morgan fingerprint density at radius 1 is 0.946 bits per heavy atom. The second kappa shape index (κ2) is 8.17. The minimum Gasteiger partial charge on any atom is -0.352 e. The van der Waals surface area contributed by atoms with Crippen LogP contribution in [0.2, 0.25) is 0 Å². The van der Waals surface area contributed by atoms with Gasteiger partial charge in [-0.25, -0.2) is 14.4 Å². The molecule has 0 unspecified atom stereocenters. The van der Waals surface area contributed by atoms with Crippen LogP contribution in [0.15, 0.2) is 61.2 Å². The lowest BCUT2D eigenvalue weighted by Crippen LogP contribution is -2.56. The molecule has 0 aliphatic carbocycles. The third-order valence-electron chi connectivity index (χ3n) is 6.68.